The van der Waals surface area contributed by atoms with Crippen LogP contribution in [0.25, 0.3) is 6.08 Å². The van der Waals surface area contributed by atoms with Gasteiger partial charge < -0.3 is 14.5 Å². The zero-order chi connectivity index (χ0) is 21.8. The summed E-state index contributed by atoms with van der Waals surface area (Å²) >= 11 is 1.57. The summed E-state index contributed by atoms with van der Waals surface area (Å²) < 4.78 is 9.96. The second-order valence-electron chi connectivity index (χ2n) is 6.59. The van der Waals surface area contributed by atoms with Crippen molar-refractivity contribution in [2.24, 2.45) is 0 Å². The number of nitrogens with one attached hydrogen (secondary N) is 1. The molecule has 1 aliphatic heterocycles. The van der Waals surface area contributed by atoms with E-state index in [4.69, 9.17) is 4.42 Å². The summed E-state index contributed by atoms with van der Waals surface area (Å²) in [6.45, 7) is -0.0978. The molecule has 3 amide bonds. The van der Waals surface area contributed by atoms with Gasteiger partial charge in [-0.1, -0.05) is 48.2 Å². The maximum atomic E-state index is 12.8. The lowest BCUT2D eigenvalue weighted by molar-refractivity contribution is -0.123. The first kappa shape index (κ1) is 20.5. The Morgan fingerprint density at radius 1 is 1.06 bits per heavy atom. The molecule has 0 unspecified atom stereocenters. The molecule has 0 spiro atoms. The van der Waals surface area contributed by atoms with Crippen LogP contribution >= 0.6 is 11.8 Å². The molecule has 0 aliphatic carbocycles. The second-order valence-corrected chi connectivity index (χ2v) is 7.71. The van der Waals surface area contributed by atoms with Gasteiger partial charge in [0, 0.05) is 9.79 Å². The molecule has 0 bridgehead atoms. The Balaban J connectivity index is 1.54. The van der Waals surface area contributed by atoms with Crippen LogP contribution in [0.4, 0.5) is 4.79 Å². The van der Waals surface area contributed by atoms with E-state index in [2.05, 4.69) is 10.1 Å². The van der Waals surface area contributed by atoms with Crippen LogP contribution in [-0.4, -0.2) is 29.9 Å². The lowest BCUT2D eigenvalue weighted by atomic mass is 10.2. The van der Waals surface area contributed by atoms with Crippen molar-refractivity contribution in [3.63, 3.8) is 0 Å². The third-order valence-electron chi connectivity index (χ3n) is 4.51. The quantitative estimate of drug-likeness (QED) is 0.353. The SMILES string of the molecule is COC(=O)c1ccc(CN2C(=O)N/C(=C\c3ccccc3Sc3ccccc3)C2=O)o1. The molecule has 4 rings (SSSR count). The summed E-state index contributed by atoms with van der Waals surface area (Å²) in [5.74, 6) is -0.797. The van der Waals surface area contributed by atoms with Crippen molar-refractivity contribution < 1.29 is 23.5 Å². The number of hydrogen-bond acceptors (Lipinski definition) is 6. The zero-order valence-corrected chi connectivity index (χ0v) is 17.3. The number of ether oxygens (including phenoxy) is 1. The molecule has 0 saturated carbocycles. The van der Waals surface area contributed by atoms with Gasteiger partial charge in [-0.15, -0.1) is 0 Å². The Hall–Kier alpha value is -3.78. The molecular weight excluding hydrogens is 416 g/mol. The zero-order valence-electron chi connectivity index (χ0n) is 16.5. The van der Waals surface area contributed by atoms with Crippen molar-refractivity contribution in [2.75, 3.05) is 7.11 Å². The number of benzene rings is 2. The molecule has 156 valence electrons. The highest BCUT2D eigenvalue weighted by atomic mass is 32.2. The highest BCUT2D eigenvalue weighted by molar-refractivity contribution is 7.99. The van der Waals surface area contributed by atoms with E-state index in [-0.39, 0.29) is 18.0 Å². The fourth-order valence-corrected chi connectivity index (χ4v) is 3.95. The number of carbonyl (C=O) groups is 3. The van der Waals surface area contributed by atoms with Crippen molar-refractivity contribution in [1.82, 2.24) is 10.2 Å². The lowest BCUT2D eigenvalue weighted by Crippen LogP contribution is -2.30. The maximum Gasteiger partial charge on any atom is 0.373 e. The highest BCUT2D eigenvalue weighted by Gasteiger charge is 2.34. The second kappa shape index (κ2) is 8.93. The summed E-state index contributed by atoms with van der Waals surface area (Å²) in [7, 11) is 1.24. The number of imide groups is 1. The van der Waals surface area contributed by atoms with Gasteiger partial charge in [-0.2, -0.15) is 0 Å². The molecule has 7 nitrogen and oxygen atoms in total. The van der Waals surface area contributed by atoms with Gasteiger partial charge in [-0.3, -0.25) is 9.69 Å². The number of esters is 1. The van der Waals surface area contributed by atoms with Crippen LogP contribution < -0.4 is 5.32 Å². The van der Waals surface area contributed by atoms with Gasteiger partial charge in [-0.25, -0.2) is 9.59 Å². The maximum absolute atomic E-state index is 12.8. The first-order chi connectivity index (χ1) is 15.0. The Morgan fingerprint density at radius 3 is 2.58 bits per heavy atom. The number of furan rings is 1. The summed E-state index contributed by atoms with van der Waals surface area (Å²) in [5.41, 5.74) is 0.985. The summed E-state index contributed by atoms with van der Waals surface area (Å²) in [4.78, 5) is 39.8. The summed E-state index contributed by atoms with van der Waals surface area (Å²) in [6, 6.07) is 19.9. The molecule has 8 heteroatoms. The molecular formula is C23H18N2O5S. The first-order valence-corrected chi connectivity index (χ1v) is 10.2. The first-order valence-electron chi connectivity index (χ1n) is 9.38. The van der Waals surface area contributed by atoms with Crippen LogP contribution in [0.2, 0.25) is 0 Å². The monoisotopic (exact) mass is 434 g/mol. The third kappa shape index (κ3) is 4.54. The minimum Gasteiger partial charge on any atom is -0.463 e. The van der Waals surface area contributed by atoms with Crippen LogP contribution in [0.3, 0.4) is 0 Å². The minimum absolute atomic E-state index is 0.00665. The van der Waals surface area contributed by atoms with Crippen molar-refractivity contribution in [3.05, 3.63) is 89.5 Å². The van der Waals surface area contributed by atoms with E-state index in [9.17, 15) is 14.4 Å². The molecule has 1 aromatic heterocycles. The Morgan fingerprint density at radius 2 is 1.81 bits per heavy atom. The fraction of sp³-hybridized carbons (Fsp3) is 0.0870. The van der Waals surface area contributed by atoms with Crippen molar-refractivity contribution >= 4 is 35.7 Å². The van der Waals surface area contributed by atoms with E-state index in [1.807, 2.05) is 54.6 Å². The molecule has 0 atom stereocenters. The number of urea groups is 1. The van der Waals surface area contributed by atoms with Gasteiger partial charge in [-0.05, 0) is 42.0 Å². The molecule has 3 aromatic rings. The van der Waals surface area contributed by atoms with Crippen LogP contribution in [0.15, 0.2) is 86.6 Å². The van der Waals surface area contributed by atoms with Crippen molar-refractivity contribution in [1.29, 1.82) is 0 Å². The predicted molar refractivity (Wildman–Crippen MR) is 114 cm³/mol. The number of nitrogens with zero attached hydrogens (tertiary/aromatic N) is 1. The van der Waals surface area contributed by atoms with Gasteiger partial charge in [0.05, 0.1) is 13.7 Å². The molecule has 1 fully saturated rings. The molecule has 1 saturated heterocycles. The number of rotatable bonds is 6. The standard InChI is InChI=1S/C23H18N2O5S/c1-29-22(27)19-12-11-16(30-19)14-25-21(26)18(24-23(25)28)13-15-7-5-6-10-20(15)31-17-8-3-2-4-9-17/h2-13H,14H2,1H3,(H,24,28)/b18-13-. The molecule has 31 heavy (non-hydrogen) atoms. The van der Waals surface area contributed by atoms with E-state index in [0.29, 0.717) is 5.76 Å². The number of hydrogen-bond donors (Lipinski definition) is 1. The number of methoxy groups -OCH3 is 1. The normalized spacial score (nSPS) is 14.7. The van der Waals surface area contributed by atoms with E-state index in [1.54, 1.807) is 17.8 Å². The minimum atomic E-state index is -0.628. The summed E-state index contributed by atoms with van der Waals surface area (Å²) in [5, 5.41) is 2.61. The van der Waals surface area contributed by atoms with Crippen LogP contribution in [0.1, 0.15) is 21.9 Å². The van der Waals surface area contributed by atoms with Gasteiger partial charge in [0.2, 0.25) is 5.76 Å². The molecule has 0 radical (unpaired) electrons. The van der Waals surface area contributed by atoms with Gasteiger partial charge in [0.25, 0.3) is 5.91 Å². The fourth-order valence-electron chi connectivity index (χ4n) is 3.01. The summed E-state index contributed by atoms with van der Waals surface area (Å²) in [6.07, 6.45) is 1.66. The van der Waals surface area contributed by atoms with Gasteiger partial charge in [0.15, 0.2) is 0 Å². The predicted octanol–water partition coefficient (Wildman–Crippen LogP) is 4.31. The van der Waals surface area contributed by atoms with Gasteiger partial charge in [0.1, 0.15) is 11.5 Å². The van der Waals surface area contributed by atoms with E-state index in [0.717, 1.165) is 20.3 Å². The third-order valence-corrected chi connectivity index (χ3v) is 5.61. The van der Waals surface area contributed by atoms with Crippen molar-refractivity contribution in [3.8, 4) is 0 Å². The van der Waals surface area contributed by atoms with E-state index < -0.39 is 17.9 Å². The molecule has 1 aliphatic rings. The highest BCUT2D eigenvalue weighted by Crippen LogP contribution is 2.31. The number of amides is 3. The largest absolute Gasteiger partial charge is 0.463 e. The average molecular weight is 434 g/mol. The Labute approximate surface area is 182 Å². The molecule has 1 N–H and O–H groups in total. The number of carbonyl (C=O) groups excluding carboxylic acids is 3. The van der Waals surface area contributed by atoms with Crippen molar-refractivity contribution in [2.45, 2.75) is 16.3 Å². The van der Waals surface area contributed by atoms with E-state index >= 15 is 0 Å². The van der Waals surface area contributed by atoms with Gasteiger partial charge >= 0.3 is 12.0 Å². The van der Waals surface area contributed by atoms with E-state index in [1.165, 1.54) is 19.2 Å². The molecule has 2 heterocycles. The van der Waals surface area contributed by atoms with Crippen LogP contribution in [0, 0.1) is 0 Å². The Bertz CT molecular complexity index is 1170. The van der Waals surface area contributed by atoms with Crippen LogP contribution in [0.5, 0.6) is 0 Å². The average Bonchev–Trinajstić information content (AvgIpc) is 3.36. The topological polar surface area (TPSA) is 88.9 Å². The van der Waals surface area contributed by atoms with Crippen LogP contribution in [-0.2, 0) is 16.1 Å². The lowest BCUT2D eigenvalue weighted by Gasteiger charge is -2.09. The smallest absolute Gasteiger partial charge is 0.373 e. The molecule has 2 aromatic carbocycles. The Kier molecular flexibility index (Phi) is 5.90.